The number of carbonyl (C=O) groups is 2. The van der Waals surface area contributed by atoms with Crippen molar-refractivity contribution in [1.29, 1.82) is 0 Å². The van der Waals surface area contributed by atoms with Crippen molar-refractivity contribution < 1.29 is 24.2 Å². The third-order valence-corrected chi connectivity index (χ3v) is 3.92. The van der Waals surface area contributed by atoms with Gasteiger partial charge in [-0.3, -0.25) is 14.5 Å². The van der Waals surface area contributed by atoms with Crippen LogP contribution in [0.15, 0.2) is 12.1 Å². The number of benzene rings is 1. The monoisotopic (exact) mass is 372 g/mol. The van der Waals surface area contributed by atoms with Crippen LogP contribution in [0.1, 0.15) is 26.3 Å². The molecule has 0 heterocycles. The number of rotatable bonds is 10. The van der Waals surface area contributed by atoms with Crippen molar-refractivity contribution in [2.24, 2.45) is 0 Å². The van der Waals surface area contributed by atoms with Crippen LogP contribution in [0, 0.1) is 0 Å². The van der Waals surface area contributed by atoms with Gasteiger partial charge in [0.15, 0.2) is 11.5 Å². The van der Waals surface area contributed by atoms with E-state index in [1.54, 1.807) is 24.0 Å². The number of carbonyl (C=O) groups excluding carboxylic acids is 1. The minimum Gasteiger partial charge on any atom is -0.491 e. The minimum absolute atomic E-state index is 0.158. The molecule has 1 amide bonds. The Morgan fingerprint density at radius 2 is 2.08 bits per heavy atom. The van der Waals surface area contributed by atoms with Gasteiger partial charge in [0.25, 0.3) is 0 Å². The Labute approximate surface area is 152 Å². The van der Waals surface area contributed by atoms with Crippen LogP contribution in [-0.4, -0.2) is 54.7 Å². The van der Waals surface area contributed by atoms with Crippen molar-refractivity contribution in [3.05, 3.63) is 22.7 Å². The lowest BCUT2D eigenvalue weighted by Crippen LogP contribution is -2.42. The van der Waals surface area contributed by atoms with Gasteiger partial charge in [-0.05, 0) is 31.5 Å². The Hall–Kier alpha value is -1.99. The first-order valence-corrected chi connectivity index (χ1v) is 8.38. The molecule has 1 atom stereocenters. The summed E-state index contributed by atoms with van der Waals surface area (Å²) in [5, 5.41) is 12.4. The maximum Gasteiger partial charge on any atom is 0.320 e. The second kappa shape index (κ2) is 10.1. The highest BCUT2D eigenvalue weighted by molar-refractivity contribution is 6.32. The highest BCUT2D eigenvalue weighted by Gasteiger charge is 2.22. The van der Waals surface area contributed by atoms with E-state index >= 15 is 0 Å². The van der Waals surface area contributed by atoms with E-state index in [1.165, 1.54) is 14.0 Å². The van der Waals surface area contributed by atoms with Crippen LogP contribution in [-0.2, 0) is 16.1 Å². The molecule has 0 saturated heterocycles. The number of hydrogen-bond acceptors (Lipinski definition) is 5. The molecule has 0 radical (unpaired) electrons. The lowest BCUT2D eigenvalue weighted by molar-refractivity contribution is -0.142. The number of amides is 1. The summed E-state index contributed by atoms with van der Waals surface area (Å²) in [6.45, 7) is 6.42. The third kappa shape index (κ3) is 6.43. The molecule has 1 aromatic carbocycles. The van der Waals surface area contributed by atoms with Gasteiger partial charge in [-0.1, -0.05) is 11.6 Å². The number of hydrogen-bond donors (Lipinski definition) is 2. The molecule has 7 nitrogen and oxygen atoms in total. The van der Waals surface area contributed by atoms with E-state index in [9.17, 15) is 14.7 Å². The van der Waals surface area contributed by atoms with Gasteiger partial charge in [-0.15, -0.1) is 0 Å². The van der Waals surface area contributed by atoms with E-state index in [1.807, 2.05) is 6.92 Å². The predicted molar refractivity (Wildman–Crippen MR) is 95.4 cm³/mol. The Morgan fingerprint density at radius 1 is 1.40 bits per heavy atom. The molecule has 1 aromatic rings. The zero-order valence-electron chi connectivity index (χ0n) is 15.0. The molecule has 2 N–H and O–H groups in total. The van der Waals surface area contributed by atoms with Crippen LogP contribution in [0.25, 0.3) is 0 Å². The molecule has 0 aliphatic rings. The molecule has 1 rings (SSSR count). The molecule has 25 heavy (non-hydrogen) atoms. The van der Waals surface area contributed by atoms with Gasteiger partial charge >= 0.3 is 5.97 Å². The lowest BCUT2D eigenvalue weighted by Gasteiger charge is -2.27. The number of aliphatic carboxylic acids is 1. The fraction of sp³-hybridized carbons (Fsp3) is 0.529. The van der Waals surface area contributed by atoms with Crippen LogP contribution in [0.4, 0.5) is 0 Å². The molecule has 0 saturated carbocycles. The fourth-order valence-electron chi connectivity index (χ4n) is 2.35. The van der Waals surface area contributed by atoms with Gasteiger partial charge in [0.2, 0.25) is 5.91 Å². The number of carboxylic acids is 1. The first-order valence-electron chi connectivity index (χ1n) is 8.00. The van der Waals surface area contributed by atoms with Crippen molar-refractivity contribution in [2.75, 3.05) is 26.8 Å². The van der Waals surface area contributed by atoms with Crippen molar-refractivity contribution in [3.63, 3.8) is 0 Å². The highest BCUT2D eigenvalue weighted by Crippen LogP contribution is 2.36. The third-order valence-electron chi connectivity index (χ3n) is 3.64. The number of nitrogens with one attached hydrogen (secondary N) is 1. The topological polar surface area (TPSA) is 88.1 Å². The van der Waals surface area contributed by atoms with Crippen molar-refractivity contribution in [1.82, 2.24) is 10.2 Å². The van der Waals surface area contributed by atoms with E-state index in [0.717, 1.165) is 5.56 Å². The van der Waals surface area contributed by atoms with Crippen LogP contribution >= 0.6 is 11.6 Å². The van der Waals surface area contributed by atoms with Crippen LogP contribution in [0.3, 0.4) is 0 Å². The van der Waals surface area contributed by atoms with Gasteiger partial charge in [-0.2, -0.15) is 0 Å². The number of carboxylic acid groups (broad SMARTS) is 1. The predicted octanol–water partition coefficient (Wildman–Crippen LogP) is 2.16. The Bertz CT molecular complexity index is 609. The van der Waals surface area contributed by atoms with E-state index in [4.69, 9.17) is 21.1 Å². The smallest absolute Gasteiger partial charge is 0.320 e. The van der Waals surface area contributed by atoms with Crippen molar-refractivity contribution in [2.45, 2.75) is 33.4 Å². The van der Waals surface area contributed by atoms with E-state index in [2.05, 4.69) is 5.32 Å². The molecule has 0 aliphatic carbocycles. The van der Waals surface area contributed by atoms with Gasteiger partial charge in [-0.25, -0.2) is 0 Å². The Kier molecular flexibility index (Phi) is 8.51. The fourth-order valence-corrected chi connectivity index (χ4v) is 2.66. The second-order valence-electron chi connectivity index (χ2n) is 5.51. The summed E-state index contributed by atoms with van der Waals surface area (Å²) in [4.78, 5) is 24.1. The van der Waals surface area contributed by atoms with E-state index < -0.39 is 12.0 Å². The van der Waals surface area contributed by atoms with Gasteiger partial charge < -0.3 is 19.9 Å². The average Bonchev–Trinajstić information content (AvgIpc) is 2.53. The molecule has 1 unspecified atom stereocenters. The summed E-state index contributed by atoms with van der Waals surface area (Å²) >= 11 is 6.25. The van der Waals surface area contributed by atoms with E-state index in [-0.39, 0.29) is 5.91 Å². The molecule has 0 bridgehead atoms. The quantitative estimate of drug-likeness (QED) is 0.654. The largest absolute Gasteiger partial charge is 0.491 e. The van der Waals surface area contributed by atoms with E-state index in [0.29, 0.717) is 42.8 Å². The van der Waals surface area contributed by atoms with Crippen LogP contribution < -0.4 is 14.8 Å². The second-order valence-corrected chi connectivity index (χ2v) is 5.92. The van der Waals surface area contributed by atoms with Gasteiger partial charge in [0, 0.05) is 26.6 Å². The first-order chi connectivity index (χ1) is 11.8. The van der Waals surface area contributed by atoms with Gasteiger partial charge in [0.05, 0.1) is 18.7 Å². The molecule has 0 fully saturated rings. The zero-order valence-corrected chi connectivity index (χ0v) is 15.7. The number of methoxy groups -OCH3 is 1. The molecule has 0 spiro atoms. The van der Waals surface area contributed by atoms with Crippen molar-refractivity contribution in [3.8, 4) is 11.5 Å². The standard InChI is InChI=1S/C17H25ClN2O5/c1-5-25-15-9-13(8-14(18)16(15)24-4)10-20(11(2)17(22)23)7-6-19-12(3)21/h8-9,11H,5-7,10H2,1-4H3,(H,19,21)(H,22,23). The zero-order chi connectivity index (χ0) is 19.0. The number of halogens is 1. The summed E-state index contributed by atoms with van der Waals surface area (Å²) in [5.74, 6) is -0.137. The molecular formula is C17H25ClN2O5. The lowest BCUT2D eigenvalue weighted by atomic mass is 10.1. The summed E-state index contributed by atoms with van der Waals surface area (Å²) in [5.41, 5.74) is 0.796. The normalized spacial score (nSPS) is 11.9. The van der Waals surface area contributed by atoms with Crippen molar-refractivity contribution >= 4 is 23.5 Å². The number of nitrogens with zero attached hydrogens (tertiary/aromatic N) is 1. The minimum atomic E-state index is -0.938. The highest BCUT2D eigenvalue weighted by atomic mass is 35.5. The summed E-state index contributed by atoms with van der Waals surface area (Å²) in [6.07, 6.45) is 0. The SMILES string of the molecule is CCOc1cc(CN(CCNC(C)=O)C(C)C(=O)O)cc(Cl)c1OC. The maximum absolute atomic E-state index is 11.4. The molecule has 0 aliphatic heterocycles. The Morgan fingerprint density at radius 3 is 2.60 bits per heavy atom. The Balaban J connectivity index is 3.01. The number of ether oxygens (including phenoxy) is 2. The van der Waals surface area contributed by atoms with Gasteiger partial charge in [0.1, 0.15) is 6.04 Å². The molecule has 140 valence electrons. The van der Waals surface area contributed by atoms with Crippen LogP contribution in [0.2, 0.25) is 5.02 Å². The summed E-state index contributed by atoms with van der Waals surface area (Å²) in [6, 6.07) is 2.79. The molecular weight excluding hydrogens is 348 g/mol. The first kappa shape index (κ1) is 21.1. The maximum atomic E-state index is 11.4. The summed E-state index contributed by atoms with van der Waals surface area (Å²) in [7, 11) is 1.51. The average molecular weight is 373 g/mol. The summed E-state index contributed by atoms with van der Waals surface area (Å²) < 4.78 is 10.8. The molecule has 8 heteroatoms. The van der Waals surface area contributed by atoms with Crippen LogP contribution in [0.5, 0.6) is 11.5 Å². The molecule has 0 aromatic heterocycles.